The number of rotatable bonds is 4. The Hall–Kier alpha value is -1.35. The van der Waals surface area contributed by atoms with Gasteiger partial charge in [-0.25, -0.2) is 0 Å². The van der Waals surface area contributed by atoms with Gasteiger partial charge in [-0.3, -0.25) is 9.69 Å². The molecule has 2 rings (SSSR count). The number of amides is 1. The fraction of sp³-hybridized carbons (Fsp3) is 0.611. The number of hydrogen-bond acceptors (Lipinski definition) is 2. The lowest BCUT2D eigenvalue weighted by atomic mass is 9.83. The van der Waals surface area contributed by atoms with Crippen LogP contribution in [-0.4, -0.2) is 48.4 Å². The Morgan fingerprint density at radius 3 is 2.19 bits per heavy atom. The van der Waals surface area contributed by atoms with Gasteiger partial charge in [-0.15, -0.1) is 0 Å². The van der Waals surface area contributed by atoms with E-state index >= 15 is 0 Å². The summed E-state index contributed by atoms with van der Waals surface area (Å²) in [7, 11) is 0. The molecule has 0 aliphatic carbocycles. The van der Waals surface area contributed by atoms with Crippen LogP contribution in [0.2, 0.25) is 0 Å². The summed E-state index contributed by atoms with van der Waals surface area (Å²) in [6.07, 6.45) is 0. The summed E-state index contributed by atoms with van der Waals surface area (Å²) >= 11 is 0. The maximum absolute atomic E-state index is 12.9. The van der Waals surface area contributed by atoms with Crippen LogP contribution in [0.3, 0.4) is 0 Å². The minimum atomic E-state index is -0.443. The molecule has 1 amide bonds. The van der Waals surface area contributed by atoms with Crippen molar-refractivity contribution in [1.29, 1.82) is 0 Å². The highest BCUT2D eigenvalue weighted by Crippen LogP contribution is 2.26. The summed E-state index contributed by atoms with van der Waals surface area (Å²) in [5.74, 6) is 0.936. The van der Waals surface area contributed by atoms with E-state index in [-0.39, 0.29) is 5.91 Å². The molecule has 1 saturated heterocycles. The summed E-state index contributed by atoms with van der Waals surface area (Å²) in [5.41, 5.74) is 0.654. The number of nitrogens with zero attached hydrogens (tertiary/aromatic N) is 2. The third kappa shape index (κ3) is 3.85. The van der Waals surface area contributed by atoms with E-state index in [0.717, 1.165) is 38.3 Å². The second kappa shape index (κ2) is 6.61. The lowest BCUT2D eigenvalue weighted by Gasteiger charge is -2.39. The van der Waals surface area contributed by atoms with Gasteiger partial charge in [-0.1, -0.05) is 44.2 Å². The van der Waals surface area contributed by atoms with Crippen LogP contribution in [0.1, 0.15) is 33.3 Å². The molecule has 21 heavy (non-hydrogen) atoms. The zero-order valence-electron chi connectivity index (χ0n) is 13.8. The molecule has 3 nitrogen and oxygen atoms in total. The fourth-order valence-corrected chi connectivity index (χ4v) is 3.02. The molecule has 1 aliphatic heterocycles. The Kier molecular flexibility index (Phi) is 5.04. The van der Waals surface area contributed by atoms with Gasteiger partial charge in [0.1, 0.15) is 0 Å². The maximum Gasteiger partial charge on any atom is 0.232 e. The van der Waals surface area contributed by atoms with Crippen LogP contribution in [0.4, 0.5) is 0 Å². The zero-order valence-corrected chi connectivity index (χ0v) is 13.8. The molecule has 3 heteroatoms. The van der Waals surface area contributed by atoms with Crippen molar-refractivity contribution in [2.24, 2.45) is 5.92 Å². The van der Waals surface area contributed by atoms with Crippen LogP contribution < -0.4 is 0 Å². The summed E-state index contributed by atoms with van der Waals surface area (Å²) < 4.78 is 0. The molecule has 0 atom stereocenters. The molecule has 0 N–H and O–H groups in total. The highest BCUT2D eigenvalue weighted by Gasteiger charge is 2.34. The standard InChI is InChI=1S/C18H28N2O/c1-15(2)14-19-10-12-20(13-11-19)17(21)18(3,4)16-8-6-5-7-9-16/h5-9,15H,10-14H2,1-4H3. The number of piperazine rings is 1. The number of carbonyl (C=O) groups excluding carboxylic acids is 1. The number of hydrogen-bond donors (Lipinski definition) is 0. The third-order valence-corrected chi connectivity index (χ3v) is 4.31. The van der Waals surface area contributed by atoms with Gasteiger partial charge in [0, 0.05) is 32.7 Å². The van der Waals surface area contributed by atoms with Gasteiger partial charge in [0.25, 0.3) is 0 Å². The van der Waals surface area contributed by atoms with Crippen molar-refractivity contribution in [2.75, 3.05) is 32.7 Å². The van der Waals surface area contributed by atoms with Gasteiger partial charge in [0.2, 0.25) is 5.91 Å². The first-order chi connectivity index (χ1) is 9.91. The lowest BCUT2D eigenvalue weighted by Crippen LogP contribution is -2.53. The van der Waals surface area contributed by atoms with E-state index in [2.05, 4.69) is 18.7 Å². The Labute approximate surface area is 128 Å². The topological polar surface area (TPSA) is 23.6 Å². The van der Waals surface area contributed by atoms with E-state index in [4.69, 9.17) is 0 Å². The normalized spacial score (nSPS) is 17.3. The van der Waals surface area contributed by atoms with Crippen LogP contribution >= 0.6 is 0 Å². The molecule has 0 radical (unpaired) electrons. The van der Waals surface area contributed by atoms with Gasteiger partial charge in [0.15, 0.2) is 0 Å². The number of benzene rings is 1. The van der Waals surface area contributed by atoms with Crippen LogP contribution in [0, 0.1) is 5.92 Å². The smallest absolute Gasteiger partial charge is 0.232 e. The van der Waals surface area contributed by atoms with Gasteiger partial charge in [0.05, 0.1) is 5.41 Å². The predicted octanol–water partition coefficient (Wildman–Crippen LogP) is 2.76. The van der Waals surface area contributed by atoms with Crippen molar-refractivity contribution >= 4 is 5.91 Å². The maximum atomic E-state index is 12.9. The molecule has 1 aliphatic rings. The molecule has 1 heterocycles. The quantitative estimate of drug-likeness (QED) is 0.850. The minimum Gasteiger partial charge on any atom is -0.339 e. The summed E-state index contributed by atoms with van der Waals surface area (Å²) in [6.45, 7) is 13.4. The largest absolute Gasteiger partial charge is 0.339 e. The van der Waals surface area contributed by atoms with Crippen molar-refractivity contribution in [1.82, 2.24) is 9.80 Å². The summed E-state index contributed by atoms with van der Waals surface area (Å²) in [4.78, 5) is 17.4. The van der Waals surface area contributed by atoms with Crippen LogP contribution in [0.15, 0.2) is 30.3 Å². The molecule has 0 unspecified atom stereocenters. The van der Waals surface area contributed by atoms with Gasteiger partial charge in [-0.2, -0.15) is 0 Å². The molecular formula is C18H28N2O. The lowest BCUT2D eigenvalue weighted by molar-refractivity contribution is -0.138. The second-order valence-electron chi connectivity index (χ2n) is 6.98. The van der Waals surface area contributed by atoms with Crippen LogP contribution in [0.5, 0.6) is 0 Å². The van der Waals surface area contributed by atoms with Gasteiger partial charge < -0.3 is 4.90 Å². The first kappa shape index (κ1) is 16.0. The first-order valence-corrected chi connectivity index (χ1v) is 7.98. The predicted molar refractivity (Wildman–Crippen MR) is 87.3 cm³/mol. The number of carbonyl (C=O) groups is 1. The van der Waals surface area contributed by atoms with Crippen molar-refractivity contribution < 1.29 is 4.79 Å². The van der Waals surface area contributed by atoms with Crippen LogP contribution in [-0.2, 0) is 10.2 Å². The van der Waals surface area contributed by atoms with E-state index in [9.17, 15) is 4.79 Å². The zero-order chi connectivity index (χ0) is 15.5. The van der Waals surface area contributed by atoms with Gasteiger partial charge >= 0.3 is 0 Å². The van der Waals surface area contributed by atoms with E-state index < -0.39 is 5.41 Å². The molecule has 1 aromatic carbocycles. The molecule has 1 fully saturated rings. The van der Waals surface area contributed by atoms with E-state index in [1.807, 2.05) is 49.1 Å². The molecule has 0 bridgehead atoms. The highest BCUT2D eigenvalue weighted by atomic mass is 16.2. The van der Waals surface area contributed by atoms with Crippen molar-refractivity contribution in [3.8, 4) is 0 Å². The molecule has 0 aromatic heterocycles. The monoisotopic (exact) mass is 288 g/mol. The molecular weight excluding hydrogens is 260 g/mol. The Morgan fingerprint density at radius 1 is 1.10 bits per heavy atom. The Balaban J connectivity index is 1.98. The summed E-state index contributed by atoms with van der Waals surface area (Å²) in [5, 5.41) is 0. The third-order valence-electron chi connectivity index (χ3n) is 4.31. The van der Waals surface area contributed by atoms with E-state index in [1.54, 1.807) is 0 Å². The van der Waals surface area contributed by atoms with E-state index in [1.165, 1.54) is 0 Å². The van der Waals surface area contributed by atoms with Crippen molar-refractivity contribution in [3.05, 3.63) is 35.9 Å². The average Bonchev–Trinajstić information content (AvgIpc) is 2.47. The fourth-order valence-electron chi connectivity index (χ4n) is 3.02. The molecule has 0 spiro atoms. The second-order valence-corrected chi connectivity index (χ2v) is 6.98. The Morgan fingerprint density at radius 2 is 1.67 bits per heavy atom. The molecule has 1 aromatic rings. The Bertz CT molecular complexity index is 459. The van der Waals surface area contributed by atoms with Crippen molar-refractivity contribution in [3.63, 3.8) is 0 Å². The molecule has 0 saturated carbocycles. The highest BCUT2D eigenvalue weighted by molar-refractivity contribution is 5.87. The summed E-state index contributed by atoms with van der Waals surface area (Å²) in [6, 6.07) is 10.1. The average molecular weight is 288 g/mol. The van der Waals surface area contributed by atoms with Crippen molar-refractivity contribution in [2.45, 2.75) is 33.1 Å². The SMILES string of the molecule is CC(C)CN1CCN(C(=O)C(C)(C)c2ccccc2)CC1. The minimum absolute atomic E-state index is 0.248. The van der Waals surface area contributed by atoms with Crippen LogP contribution in [0.25, 0.3) is 0 Å². The first-order valence-electron chi connectivity index (χ1n) is 7.98. The molecule has 116 valence electrons. The van der Waals surface area contributed by atoms with Gasteiger partial charge in [-0.05, 0) is 25.3 Å². The van der Waals surface area contributed by atoms with E-state index in [0.29, 0.717) is 5.92 Å².